The van der Waals surface area contributed by atoms with Gasteiger partial charge in [-0.3, -0.25) is 4.79 Å². The van der Waals surface area contributed by atoms with E-state index in [4.69, 9.17) is 5.26 Å². The summed E-state index contributed by atoms with van der Waals surface area (Å²) in [7, 11) is -3.98. The number of nitrogens with one attached hydrogen (secondary N) is 2. The van der Waals surface area contributed by atoms with Crippen LogP contribution in [0.1, 0.15) is 26.5 Å². The molecule has 1 atom stereocenters. The van der Waals surface area contributed by atoms with Gasteiger partial charge in [0.05, 0.1) is 6.04 Å². The number of carbonyl (C=O) groups is 1. The van der Waals surface area contributed by atoms with Gasteiger partial charge in [-0.1, -0.05) is 0 Å². The Morgan fingerprint density at radius 1 is 1.40 bits per heavy atom. The minimum atomic E-state index is -3.98. The second kappa shape index (κ2) is 6.45. The van der Waals surface area contributed by atoms with Crippen LogP contribution in [-0.4, -0.2) is 31.4 Å². The average Bonchev–Trinajstić information content (AvgIpc) is 2.37. The predicted molar refractivity (Wildman–Crippen MR) is 72.0 cm³/mol. The molecule has 1 unspecified atom stereocenters. The van der Waals surface area contributed by atoms with Crippen molar-refractivity contribution in [3.05, 3.63) is 24.0 Å². The minimum absolute atomic E-state index is 0.0949. The Bertz CT molecular complexity index is 634. The van der Waals surface area contributed by atoms with E-state index in [-0.39, 0.29) is 16.6 Å². The van der Waals surface area contributed by atoms with E-state index in [0.717, 1.165) is 0 Å². The van der Waals surface area contributed by atoms with Crippen molar-refractivity contribution in [2.24, 2.45) is 0 Å². The van der Waals surface area contributed by atoms with Gasteiger partial charge in [-0.2, -0.15) is 9.98 Å². The van der Waals surface area contributed by atoms with Crippen molar-refractivity contribution in [2.75, 3.05) is 0 Å². The molecule has 0 aliphatic carbocycles. The van der Waals surface area contributed by atoms with Gasteiger partial charge in [-0.05, 0) is 32.9 Å². The maximum Gasteiger partial charge on any atom is 0.244 e. The first-order valence-electron chi connectivity index (χ1n) is 5.95. The molecule has 7 nitrogen and oxygen atoms in total. The maximum absolute atomic E-state index is 12.1. The monoisotopic (exact) mass is 296 g/mol. The average molecular weight is 296 g/mol. The van der Waals surface area contributed by atoms with Crippen LogP contribution in [0.25, 0.3) is 0 Å². The molecule has 0 aliphatic rings. The molecular formula is C12H16N4O3S. The van der Waals surface area contributed by atoms with Gasteiger partial charge in [-0.15, -0.1) is 0 Å². The van der Waals surface area contributed by atoms with E-state index in [1.54, 1.807) is 19.9 Å². The smallest absolute Gasteiger partial charge is 0.244 e. The van der Waals surface area contributed by atoms with Crippen LogP contribution in [0.4, 0.5) is 0 Å². The highest BCUT2D eigenvalue weighted by Gasteiger charge is 2.25. The highest BCUT2D eigenvalue weighted by atomic mass is 32.2. The lowest BCUT2D eigenvalue weighted by atomic mass is 10.3. The van der Waals surface area contributed by atoms with Crippen molar-refractivity contribution in [1.29, 1.82) is 5.26 Å². The molecule has 0 spiro atoms. The molecular weight excluding hydrogens is 280 g/mol. The Morgan fingerprint density at radius 3 is 2.60 bits per heavy atom. The van der Waals surface area contributed by atoms with E-state index in [2.05, 4.69) is 15.0 Å². The summed E-state index contributed by atoms with van der Waals surface area (Å²) in [6.45, 7) is 4.97. The minimum Gasteiger partial charge on any atom is -0.353 e. The molecule has 20 heavy (non-hydrogen) atoms. The number of hydrogen-bond donors (Lipinski definition) is 2. The summed E-state index contributed by atoms with van der Waals surface area (Å²) in [5.41, 5.74) is -0.212. The van der Waals surface area contributed by atoms with Gasteiger partial charge in [-0.25, -0.2) is 13.4 Å². The number of nitrogens with zero attached hydrogens (tertiary/aromatic N) is 2. The van der Waals surface area contributed by atoms with Crippen LogP contribution < -0.4 is 10.0 Å². The molecule has 0 bridgehead atoms. The number of rotatable bonds is 5. The molecule has 1 aromatic heterocycles. The van der Waals surface area contributed by atoms with E-state index < -0.39 is 22.0 Å². The van der Waals surface area contributed by atoms with Gasteiger partial charge in [0.1, 0.15) is 11.0 Å². The lowest BCUT2D eigenvalue weighted by molar-refractivity contribution is -0.122. The largest absolute Gasteiger partial charge is 0.353 e. The molecule has 0 saturated carbocycles. The summed E-state index contributed by atoms with van der Waals surface area (Å²) in [5.74, 6) is -0.439. The lowest BCUT2D eigenvalue weighted by Gasteiger charge is -2.16. The number of nitriles is 1. The predicted octanol–water partition coefficient (Wildman–Crippen LogP) is 0.145. The van der Waals surface area contributed by atoms with Crippen molar-refractivity contribution >= 4 is 15.9 Å². The van der Waals surface area contributed by atoms with E-state index in [0.29, 0.717) is 0 Å². The van der Waals surface area contributed by atoms with Crippen LogP contribution in [0.2, 0.25) is 0 Å². The molecule has 0 aliphatic heterocycles. The van der Waals surface area contributed by atoms with Crippen LogP contribution in [0, 0.1) is 11.3 Å². The van der Waals surface area contributed by atoms with Crippen LogP contribution >= 0.6 is 0 Å². The fraction of sp³-hybridized carbons (Fsp3) is 0.417. The van der Waals surface area contributed by atoms with Crippen molar-refractivity contribution in [2.45, 2.75) is 37.8 Å². The van der Waals surface area contributed by atoms with E-state index in [1.165, 1.54) is 25.3 Å². The zero-order valence-electron chi connectivity index (χ0n) is 11.4. The van der Waals surface area contributed by atoms with Crippen molar-refractivity contribution in [3.8, 4) is 6.07 Å². The third-order valence-electron chi connectivity index (χ3n) is 2.32. The molecule has 8 heteroatoms. The second-order valence-electron chi connectivity index (χ2n) is 4.47. The zero-order chi connectivity index (χ0) is 15.3. The topological polar surface area (TPSA) is 112 Å². The van der Waals surface area contributed by atoms with Gasteiger partial charge < -0.3 is 5.32 Å². The van der Waals surface area contributed by atoms with Gasteiger partial charge in [0.2, 0.25) is 15.9 Å². The molecule has 2 N–H and O–H groups in total. The standard InChI is InChI=1S/C12H16N4O3S/c1-8(2)15-12(17)9(3)16-20(18,19)11-5-4-6-14-10(11)7-13/h4-6,8-9,16H,1-3H3,(H,15,17). The molecule has 1 heterocycles. The van der Waals surface area contributed by atoms with Gasteiger partial charge >= 0.3 is 0 Å². The summed E-state index contributed by atoms with van der Waals surface area (Å²) < 4.78 is 26.5. The summed E-state index contributed by atoms with van der Waals surface area (Å²) in [5, 5.41) is 11.5. The number of aromatic nitrogens is 1. The number of amides is 1. The molecule has 1 rings (SSSR count). The molecule has 0 radical (unpaired) electrons. The van der Waals surface area contributed by atoms with Crippen molar-refractivity contribution in [1.82, 2.24) is 15.0 Å². The Morgan fingerprint density at radius 2 is 2.05 bits per heavy atom. The number of sulfonamides is 1. The maximum atomic E-state index is 12.1. The number of hydrogen-bond acceptors (Lipinski definition) is 5. The Hall–Kier alpha value is -1.98. The SMILES string of the molecule is CC(C)NC(=O)C(C)NS(=O)(=O)c1cccnc1C#N. The van der Waals surface area contributed by atoms with Gasteiger partial charge in [0.25, 0.3) is 0 Å². The summed E-state index contributed by atoms with van der Waals surface area (Å²) in [6, 6.07) is 3.34. The third-order valence-corrected chi connectivity index (χ3v) is 3.89. The molecule has 0 aromatic carbocycles. The highest BCUT2D eigenvalue weighted by molar-refractivity contribution is 7.89. The normalized spacial score (nSPS) is 12.8. The van der Waals surface area contributed by atoms with E-state index in [9.17, 15) is 13.2 Å². The highest BCUT2D eigenvalue weighted by Crippen LogP contribution is 2.12. The van der Waals surface area contributed by atoms with Crippen LogP contribution in [0.3, 0.4) is 0 Å². The molecule has 1 aromatic rings. The summed E-state index contributed by atoms with van der Waals surface area (Å²) >= 11 is 0. The lowest BCUT2D eigenvalue weighted by Crippen LogP contribution is -2.46. The third kappa shape index (κ3) is 4.01. The first kappa shape index (κ1) is 16.1. The van der Waals surface area contributed by atoms with Crippen molar-refractivity contribution < 1.29 is 13.2 Å². The first-order chi connectivity index (χ1) is 9.27. The Kier molecular flexibility index (Phi) is 5.19. The van der Waals surface area contributed by atoms with Gasteiger partial charge in [0, 0.05) is 12.2 Å². The zero-order valence-corrected chi connectivity index (χ0v) is 12.2. The fourth-order valence-corrected chi connectivity index (χ4v) is 2.76. The quantitative estimate of drug-likeness (QED) is 0.803. The second-order valence-corrected chi connectivity index (χ2v) is 6.15. The number of pyridine rings is 1. The molecule has 0 saturated heterocycles. The van der Waals surface area contributed by atoms with Crippen molar-refractivity contribution in [3.63, 3.8) is 0 Å². The molecule has 0 fully saturated rings. The summed E-state index contributed by atoms with van der Waals surface area (Å²) in [4.78, 5) is 15.1. The van der Waals surface area contributed by atoms with E-state index >= 15 is 0 Å². The van der Waals surface area contributed by atoms with Gasteiger partial charge in [0.15, 0.2) is 5.69 Å². The van der Waals surface area contributed by atoms with Crippen LogP contribution in [-0.2, 0) is 14.8 Å². The fourth-order valence-electron chi connectivity index (χ4n) is 1.45. The Balaban J connectivity index is 2.96. The summed E-state index contributed by atoms with van der Waals surface area (Å²) in [6.07, 6.45) is 1.33. The van der Waals surface area contributed by atoms with Crippen LogP contribution in [0.15, 0.2) is 23.2 Å². The first-order valence-corrected chi connectivity index (χ1v) is 7.44. The Labute approximate surface area is 118 Å². The molecule has 108 valence electrons. The molecule has 1 amide bonds. The number of carbonyl (C=O) groups excluding carboxylic acids is 1. The van der Waals surface area contributed by atoms with Crippen LogP contribution in [0.5, 0.6) is 0 Å². The van der Waals surface area contributed by atoms with E-state index in [1.807, 2.05) is 0 Å².